The second-order valence-electron chi connectivity index (χ2n) is 4.17. The molecule has 2 N–H and O–H groups in total. The number of nitrogens with zero attached hydrogens (tertiary/aromatic N) is 2. The fraction of sp³-hybridized carbons (Fsp3) is 0.615. The van der Waals surface area contributed by atoms with Crippen molar-refractivity contribution in [3.05, 3.63) is 0 Å². The quantitative estimate of drug-likeness (QED) is 0.642. The van der Waals surface area contributed by atoms with E-state index in [2.05, 4.69) is 11.2 Å². The molecule has 0 bridgehead atoms. The molecule has 20 heavy (non-hydrogen) atoms. The molecular formula is C13H21N3O4. The topological polar surface area (TPSA) is 90.0 Å². The van der Waals surface area contributed by atoms with Gasteiger partial charge in [0, 0.05) is 26.6 Å². The van der Waals surface area contributed by atoms with Gasteiger partial charge in [-0.25, -0.2) is 9.59 Å². The van der Waals surface area contributed by atoms with Crippen LogP contribution in [0.25, 0.3) is 0 Å². The monoisotopic (exact) mass is 283 g/mol. The molecule has 0 heterocycles. The molecule has 0 rings (SSSR count). The van der Waals surface area contributed by atoms with E-state index in [-0.39, 0.29) is 18.9 Å². The smallest absolute Gasteiger partial charge is 0.327 e. The summed E-state index contributed by atoms with van der Waals surface area (Å²) in [5.41, 5.74) is 0. The van der Waals surface area contributed by atoms with Gasteiger partial charge in [-0.1, -0.05) is 0 Å². The van der Waals surface area contributed by atoms with Gasteiger partial charge < -0.3 is 20.2 Å². The van der Waals surface area contributed by atoms with Gasteiger partial charge in [-0.2, -0.15) is 0 Å². The number of nitrogens with one attached hydrogen (secondary N) is 1. The Kier molecular flexibility index (Phi) is 7.82. The number of carbonyl (C=O) groups excluding carboxylic acids is 2. The largest absolute Gasteiger partial charge is 0.480 e. The number of aliphatic carboxylic acids is 1. The Morgan fingerprint density at radius 2 is 1.85 bits per heavy atom. The van der Waals surface area contributed by atoms with Crippen molar-refractivity contribution in [3.8, 4) is 12.3 Å². The number of carboxylic acid groups (broad SMARTS) is 1. The van der Waals surface area contributed by atoms with E-state index in [1.165, 1.54) is 7.05 Å². The van der Waals surface area contributed by atoms with Crippen LogP contribution in [0.15, 0.2) is 0 Å². The van der Waals surface area contributed by atoms with Gasteiger partial charge in [0.2, 0.25) is 5.91 Å². The van der Waals surface area contributed by atoms with E-state index in [1.54, 1.807) is 4.90 Å². The third kappa shape index (κ3) is 5.61. The third-order valence-electron chi connectivity index (χ3n) is 2.75. The molecule has 0 aliphatic rings. The second-order valence-corrected chi connectivity index (χ2v) is 4.17. The predicted octanol–water partition coefficient (Wildman–Crippen LogP) is -0.0273. The summed E-state index contributed by atoms with van der Waals surface area (Å²) < 4.78 is 0. The van der Waals surface area contributed by atoms with Gasteiger partial charge in [0.05, 0.1) is 0 Å². The first kappa shape index (κ1) is 17.8. The molecule has 0 aromatic heterocycles. The van der Waals surface area contributed by atoms with Gasteiger partial charge >= 0.3 is 12.0 Å². The lowest BCUT2D eigenvalue weighted by Crippen LogP contribution is -2.49. The lowest BCUT2D eigenvalue weighted by Gasteiger charge is -2.24. The summed E-state index contributed by atoms with van der Waals surface area (Å²) in [6.45, 7) is 4.68. The van der Waals surface area contributed by atoms with Gasteiger partial charge in [0.25, 0.3) is 0 Å². The molecule has 0 aromatic carbocycles. The fourth-order valence-corrected chi connectivity index (χ4v) is 1.53. The maximum Gasteiger partial charge on any atom is 0.327 e. The zero-order valence-electron chi connectivity index (χ0n) is 12.0. The Morgan fingerprint density at radius 1 is 1.30 bits per heavy atom. The molecule has 1 atom stereocenters. The normalized spacial score (nSPS) is 11.1. The van der Waals surface area contributed by atoms with Crippen molar-refractivity contribution < 1.29 is 19.5 Å². The standard InChI is InChI=1S/C13H21N3O4/c1-5-8-10(12(18)19)14-13(20)15(4)9-11(17)16(6-2)7-3/h1,10H,6-9H2,2-4H3,(H,14,20)(H,18,19). The van der Waals surface area contributed by atoms with Crippen LogP contribution in [-0.4, -0.2) is 65.5 Å². The summed E-state index contributed by atoms with van der Waals surface area (Å²) in [7, 11) is 1.42. The first-order valence-electron chi connectivity index (χ1n) is 6.32. The molecule has 0 saturated carbocycles. The minimum atomic E-state index is -1.21. The fourth-order valence-electron chi connectivity index (χ4n) is 1.53. The first-order valence-corrected chi connectivity index (χ1v) is 6.32. The van der Waals surface area contributed by atoms with Gasteiger partial charge in [-0.05, 0) is 13.8 Å². The number of carboxylic acids is 1. The molecule has 3 amide bonds. The first-order chi connectivity index (χ1) is 9.37. The van der Waals surface area contributed by atoms with E-state index < -0.39 is 18.0 Å². The molecule has 0 saturated heterocycles. The van der Waals surface area contributed by atoms with Gasteiger partial charge in [-0.15, -0.1) is 12.3 Å². The van der Waals surface area contributed by atoms with Crippen molar-refractivity contribution in [1.29, 1.82) is 0 Å². The average Bonchev–Trinajstić information content (AvgIpc) is 2.39. The molecule has 7 heteroatoms. The van der Waals surface area contributed by atoms with Gasteiger partial charge in [0.1, 0.15) is 12.6 Å². The zero-order chi connectivity index (χ0) is 15.7. The Morgan fingerprint density at radius 3 is 2.25 bits per heavy atom. The molecular weight excluding hydrogens is 262 g/mol. The highest BCUT2D eigenvalue weighted by Crippen LogP contribution is 1.96. The van der Waals surface area contributed by atoms with Crippen molar-refractivity contribution >= 4 is 17.9 Å². The molecule has 0 aliphatic carbocycles. The van der Waals surface area contributed by atoms with Crippen molar-refractivity contribution in [2.24, 2.45) is 0 Å². The number of terminal acetylenes is 1. The van der Waals surface area contributed by atoms with E-state index in [9.17, 15) is 14.4 Å². The highest BCUT2D eigenvalue weighted by Gasteiger charge is 2.22. The molecule has 0 radical (unpaired) electrons. The summed E-state index contributed by atoms with van der Waals surface area (Å²) >= 11 is 0. The average molecular weight is 283 g/mol. The van der Waals surface area contributed by atoms with Crippen molar-refractivity contribution in [2.75, 3.05) is 26.7 Å². The van der Waals surface area contributed by atoms with Crippen LogP contribution in [0.5, 0.6) is 0 Å². The highest BCUT2D eigenvalue weighted by atomic mass is 16.4. The van der Waals surface area contributed by atoms with E-state index in [0.29, 0.717) is 13.1 Å². The van der Waals surface area contributed by atoms with Gasteiger partial charge in [-0.3, -0.25) is 4.79 Å². The third-order valence-corrected chi connectivity index (χ3v) is 2.75. The SMILES string of the molecule is C#CCC(NC(=O)N(C)CC(=O)N(CC)CC)C(=O)O. The van der Waals surface area contributed by atoms with Crippen molar-refractivity contribution in [3.63, 3.8) is 0 Å². The van der Waals surface area contributed by atoms with Crippen molar-refractivity contribution in [2.45, 2.75) is 26.3 Å². The summed E-state index contributed by atoms with van der Waals surface area (Å²) in [6, 6.07) is -1.80. The molecule has 0 fully saturated rings. The lowest BCUT2D eigenvalue weighted by molar-refractivity contribution is -0.139. The predicted molar refractivity (Wildman–Crippen MR) is 74.0 cm³/mol. The maximum atomic E-state index is 11.8. The van der Waals surface area contributed by atoms with Crippen LogP contribution in [0, 0.1) is 12.3 Å². The number of urea groups is 1. The molecule has 0 aromatic rings. The highest BCUT2D eigenvalue weighted by molar-refractivity contribution is 5.86. The number of hydrogen-bond donors (Lipinski definition) is 2. The summed E-state index contributed by atoms with van der Waals surface area (Å²) in [4.78, 5) is 37.2. The van der Waals surface area contributed by atoms with E-state index in [4.69, 9.17) is 11.5 Å². The lowest BCUT2D eigenvalue weighted by atomic mass is 10.2. The number of amides is 3. The minimum Gasteiger partial charge on any atom is -0.480 e. The van der Waals surface area contributed by atoms with E-state index >= 15 is 0 Å². The van der Waals surface area contributed by atoms with Crippen LogP contribution < -0.4 is 5.32 Å². The number of rotatable bonds is 7. The van der Waals surface area contributed by atoms with Crippen LogP contribution >= 0.6 is 0 Å². The summed E-state index contributed by atoms with van der Waals surface area (Å²) in [5, 5.41) is 11.1. The summed E-state index contributed by atoms with van der Waals surface area (Å²) in [6.07, 6.45) is 4.92. The van der Waals surface area contributed by atoms with E-state index in [0.717, 1.165) is 4.90 Å². The molecule has 1 unspecified atom stereocenters. The van der Waals surface area contributed by atoms with Crippen LogP contribution in [0.4, 0.5) is 4.79 Å². The Balaban J connectivity index is 4.51. The Hall–Kier alpha value is -2.23. The maximum absolute atomic E-state index is 11.8. The van der Waals surface area contributed by atoms with Crippen molar-refractivity contribution in [1.82, 2.24) is 15.1 Å². The zero-order valence-corrected chi connectivity index (χ0v) is 12.0. The molecule has 0 aliphatic heterocycles. The van der Waals surface area contributed by atoms with Crippen LogP contribution in [0.1, 0.15) is 20.3 Å². The van der Waals surface area contributed by atoms with Gasteiger partial charge in [0.15, 0.2) is 0 Å². The number of hydrogen-bond acceptors (Lipinski definition) is 3. The molecule has 112 valence electrons. The minimum absolute atomic E-state index is 0.112. The second kappa shape index (κ2) is 8.80. The van der Waals surface area contributed by atoms with Crippen LogP contribution in [0.3, 0.4) is 0 Å². The number of likely N-dealkylation sites (N-methyl/N-ethyl adjacent to an activating group) is 2. The summed E-state index contributed by atoms with van der Waals surface area (Å²) in [5.74, 6) is 0.775. The van der Waals surface area contributed by atoms with Crippen LogP contribution in [-0.2, 0) is 9.59 Å². The van der Waals surface area contributed by atoms with E-state index in [1.807, 2.05) is 13.8 Å². The van der Waals surface area contributed by atoms with Crippen LogP contribution in [0.2, 0.25) is 0 Å². The number of carbonyl (C=O) groups is 3. The molecule has 7 nitrogen and oxygen atoms in total. The Bertz CT molecular complexity index is 399. The Labute approximate surface area is 118 Å². The molecule has 0 spiro atoms.